The number of fused-ring (bicyclic) bond motifs is 2. The van der Waals surface area contributed by atoms with E-state index in [2.05, 4.69) is 25.4 Å². The number of pyridine rings is 1. The van der Waals surface area contributed by atoms with Crippen LogP contribution in [-0.4, -0.2) is 75.4 Å². The van der Waals surface area contributed by atoms with E-state index in [0.29, 0.717) is 11.3 Å². The maximum absolute atomic E-state index is 13.1. The number of thioether (sulfide) groups is 1. The molecule has 0 aromatic carbocycles. The molecular weight excluding hydrogens is 536 g/mol. The summed E-state index contributed by atoms with van der Waals surface area (Å²) in [6.07, 6.45) is 3.24. The summed E-state index contributed by atoms with van der Waals surface area (Å²) >= 11 is 2.91. The standard InChI is InChI=1S/C23H20N6O7S2/c1-35-16(30)10-36-27-17(13-4-6-24-26-13)20(31)25-18-21(32)29-19(23(33)34)12(11-38-22(18)29)9-28-7-2-3-15-14(28)5-8-37-15/h2-8,18,22H,9-11H2,1H3,(H2-,24,25,26,27,31,33,34)/t18?,22-/m1/s1. The summed E-state index contributed by atoms with van der Waals surface area (Å²) < 4.78 is 7.45. The molecule has 3 aromatic rings. The van der Waals surface area contributed by atoms with E-state index in [1.807, 2.05) is 34.3 Å². The Bertz CT molecular complexity index is 1480. The quantitative estimate of drug-likeness (QED) is 0.109. The first-order chi connectivity index (χ1) is 18.4. The lowest BCUT2D eigenvalue weighted by Crippen LogP contribution is -2.71. The number of carbonyl (C=O) groups excluding carboxylic acids is 4. The number of amides is 2. The lowest BCUT2D eigenvalue weighted by atomic mass is 10.0. The van der Waals surface area contributed by atoms with Crippen LogP contribution in [0.2, 0.25) is 0 Å². The van der Waals surface area contributed by atoms with Crippen molar-refractivity contribution < 1.29 is 38.4 Å². The van der Waals surface area contributed by atoms with Gasteiger partial charge in [-0.25, -0.2) is 4.79 Å². The van der Waals surface area contributed by atoms with E-state index < -0.39 is 41.8 Å². The second-order valence-corrected chi connectivity index (χ2v) is 10.2. The predicted molar refractivity (Wildman–Crippen MR) is 132 cm³/mol. The first-order valence-electron chi connectivity index (χ1n) is 11.2. The number of hydrogen-bond acceptors (Lipinski definition) is 11. The second-order valence-electron chi connectivity index (χ2n) is 8.17. The fourth-order valence-electron chi connectivity index (χ4n) is 4.15. The number of aliphatic carboxylic acids is 1. The molecule has 13 nitrogen and oxygen atoms in total. The number of nitrogens with zero attached hydrogens (tertiary/aromatic N) is 4. The molecule has 2 aliphatic heterocycles. The molecule has 38 heavy (non-hydrogen) atoms. The maximum Gasteiger partial charge on any atom is 0.346 e. The summed E-state index contributed by atoms with van der Waals surface area (Å²) in [7, 11) is 1.18. The zero-order valence-electron chi connectivity index (χ0n) is 19.8. The van der Waals surface area contributed by atoms with Crippen LogP contribution in [0, 0.1) is 0 Å². The van der Waals surface area contributed by atoms with Gasteiger partial charge >= 0.3 is 5.97 Å². The number of methoxy groups -OCH3 is 1. The number of β-lactam (4-membered cyclic amide) rings is 1. The van der Waals surface area contributed by atoms with Crippen LogP contribution in [0.4, 0.5) is 0 Å². The van der Waals surface area contributed by atoms with Gasteiger partial charge in [0.2, 0.25) is 12.1 Å². The molecule has 0 bridgehead atoms. The van der Waals surface area contributed by atoms with Gasteiger partial charge in [-0.1, -0.05) is 5.16 Å². The number of ether oxygens (including phenoxy) is 1. The van der Waals surface area contributed by atoms with Crippen LogP contribution in [0.25, 0.3) is 10.2 Å². The molecule has 1 fully saturated rings. The minimum Gasteiger partial charge on any atom is -0.543 e. The monoisotopic (exact) mass is 556 g/mol. The van der Waals surface area contributed by atoms with Crippen molar-refractivity contribution >= 4 is 62.8 Å². The fraction of sp³-hybridized carbons (Fsp3) is 0.261. The Labute approximate surface area is 223 Å². The summed E-state index contributed by atoms with van der Waals surface area (Å²) in [5, 5.41) is 26.1. The van der Waals surface area contributed by atoms with Gasteiger partial charge in [0.1, 0.15) is 11.4 Å². The van der Waals surface area contributed by atoms with E-state index in [9.17, 15) is 24.3 Å². The fourth-order valence-corrected chi connectivity index (χ4v) is 6.29. The average Bonchev–Trinajstić information content (AvgIpc) is 3.62. The number of carboxylic acids is 1. The number of hydrogen-bond donors (Lipinski definition) is 2. The van der Waals surface area contributed by atoms with E-state index in [-0.39, 0.29) is 23.6 Å². The molecule has 0 spiro atoms. The van der Waals surface area contributed by atoms with Gasteiger partial charge in [0.05, 0.1) is 29.2 Å². The topological polar surface area (TPSA) is 170 Å². The Morgan fingerprint density at radius 2 is 2.18 bits per heavy atom. The number of thiophene rings is 1. The van der Waals surface area contributed by atoms with Crippen LogP contribution in [0.5, 0.6) is 0 Å². The number of carbonyl (C=O) groups is 4. The number of aromatic amines is 1. The Balaban J connectivity index is 1.34. The second kappa shape index (κ2) is 10.6. The Morgan fingerprint density at radius 3 is 2.92 bits per heavy atom. The molecule has 0 aliphatic carbocycles. The first-order valence-corrected chi connectivity index (χ1v) is 13.1. The molecule has 0 radical (unpaired) electrons. The number of oxime groups is 1. The third kappa shape index (κ3) is 4.72. The zero-order valence-corrected chi connectivity index (χ0v) is 21.4. The van der Waals surface area contributed by atoms with Crippen molar-refractivity contribution in [3.05, 3.63) is 59.0 Å². The third-order valence-electron chi connectivity index (χ3n) is 5.92. The van der Waals surface area contributed by atoms with Gasteiger partial charge in [0.15, 0.2) is 18.5 Å². The Kier molecular flexibility index (Phi) is 7.11. The average molecular weight is 557 g/mol. The summed E-state index contributed by atoms with van der Waals surface area (Å²) in [5.41, 5.74) is 1.23. The minimum absolute atomic E-state index is 0.185. The van der Waals surface area contributed by atoms with Crippen LogP contribution in [-0.2, 0) is 35.3 Å². The van der Waals surface area contributed by atoms with Crippen LogP contribution in [0.15, 0.2) is 58.5 Å². The van der Waals surface area contributed by atoms with E-state index >= 15 is 0 Å². The number of rotatable bonds is 9. The Hall–Kier alpha value is -4.24. The zero-order chi connectivity index (χ0) is 26.8. The SMILES string of the molecule is COC(=O)CO/N=C(/C(=O)NC1C(=O)N2C(C(=O)[O-])=C(C[n+]3cccc4sccc43)CS[C@H]12)c1ccn[nH]1. The van der Waals surface area contributed by atoms with Gasteiger partial charge in [-0.2, -0.15) is 9.67 Å². The molecule has 15 heteroatoms. The molecule has 2 N–H and O–H groups in total. The normalized spacial score (nSPS) is 19.1. The number of carboxylic acid groups (broad SMARTS) is 1. The summed E-state index contributed by atoms with van der Waals surface area (Å²) in [5.74, 6) is -3.21. The van der Waals surface area contributed by atoms with E-state index in [1.165, 1.54) is 31.1 Å². The van der Waals surface area contributed by atoms with Crippen molar-refractivity contribution in [1.82, 2.24) is 20.4 Å². The van der Waals surface area contributed by atoms with Gasteiger partial charge in [-0.05, 0) is 17.5 Å². The van der Waals surface area contributed by atoms with Crippen molar-refractivity contribution in [2.24, 2.45) is 5.16 Å². The van der Waals surface area contributed by atoms with Crippen LogP contribution in [0.1, 0.15) is 5.69 Å². The van der Waals surface area contributed by atoms with Crippen molar-refractivity contribution in [3.63, 3.8) is 0 Å². The highest BCUT2D eigenvalue weighted by atomic mass is 32.2. The Morgan fingerprint density at radius 1 is 1.34 bits per heavy atom. The lowest BCUT2D eigenvalue weighted by Gasteiger charge is -2.50. The van der Waals surface area contributed by atoms with Crippen LogP contribution < -0.4 is 15.0 Å². The van der Waals surface area contributed by atoms with Crippen molar-refractivity contribution in [2.45, 2.75) is 18.0 Å². The molecular formula is C23H20N6O7S2. The molecule has 196 valence electrons. The van der Waals surface area contributed by atoms with Crippen LogP contribution in [0.3, 0.4) is 0 Å². The van der Waals surface area contributed by atoms with E-state index in [1.54, 1.807) is 11.3 Å². The van der Waals surface area contributed by atoms with Crippen LogP contribution >= 0.6 is 23.1 Å². The molecule has 5 heterocycles. The molecule has 2 amide bonds. The molecule has 1 saturated heterocycles. The largest absolute Gasteiger partial charge is 0.543 e. The summed E-state index contributed by atoms with van der Waals surface area (Å²) in [6, 6.07) is 6.25. The molecule has 5 rings (SSSR count). The number of nitrogens with one attached hydrogen (secondary N) is 2. The van der Waals surface area contributed by atoms with Gasteiger partial charge in [0, 0.05) is 29.7 Å². The van der Waals surface area contributed by atoms with Gasteiger partial charge < -0.3 is 24.8 Å². The smallest absolute Gasteiger partial charge is 0.346 e. The third-order valence-corrected chi connectivity index (χ3v) is 8.13. The summed E-state index contributed by atoms with van der Waals surface area (Å²) in [4.78, 5) is 55.6. The van der Waals surface area contributed by atoms with Crippen molar-refractivity contribution in [2.75, 3.05) is 19.5 Å². The van der Waals surface area contributed by atoms with Crippen molar-refractivity contribution in [1.29, 1.82) is 0 Å². The molecule has 0 saturated carbocycles. The maximum atomic E-state index is 13.1. The number of esters is 1. The lowest BCUT2D eigenvalue weighted by molar-refractivity contribution is -0.663. The summed E-state index contributed by atoms with van der Waals surface area (Å²) in [6.45, 7) is -0.262. The number of aromatic nitrogens is 3. The first kappa shape index (κ1) is 25.4. The highest BCUT2D eigenvalue weighted by Gasteiger charge is 2.53. The molecule has 2 atom stereocenters. The molecule has 3 aromatic heterocycles. The highest BCUT2D eigenvalue weighted by Crippen LogP contribution is 2.40. The predicted octanol–water partition coefficient (Wildman–Crippen LogP) is -1.09. The van der Waals surface area contributed by atoms with Crippen molar-refractivity contribution in [3.8, 4) is 0 Å². The minimum atomic E-state index is -1.46. The molecule has 1 unspecified atom stereocenters. The van der Waals surface area contributed by atoms with E-state index in [4.69, 9.17) is 4.84 Å². The highest BCUT2D eigenvalue weighted by molar-refractivity contribution is 8.00. The van der Waals surface area contributed by atoms with E-state index in [0.717, 1.165) is 15.1 Å². The van der Waals surface area contributed by atoms with Gasteiger partial charge in [-0.15, -0.1) is 23.1 Å². The molecule has 2 aliphatic rings. The number of H-pyrrole nitrogens is 1. The van der Waals surface area contributed by atoms with Gasteiger partial charge in [-0.3, -0.25) is 19.6 Å². The van der Waals surface area contributed by atoms with Gasteiger partial charge in [0.25, 0.3) is 11.8 Å².